The molecule has 6 heteroatoms. The lowest BCUT2D eigenvalue weighted by atomic mass is 9.69. The fourth-order valence-corrected chi connectivity index (χ4v) is 10.6. The van der Waals surface area contributed by atoms with E-state index in [2.05, 4.69) is 75.4 Å². The molecule has 10 unspecified atom stereocenters. The Labute approximate surface area is 256 Å². The zero-order chi connectivity index (χ0) is 28.5. The predicted octanol–water partition coefficient (Wildman–Crippen LogP) is 4.25. The molecule has 5 aliphatic heterocycles. The molecule has 4 N–H and O–H groups in total. The molecule has 6 nitrogen and oxygen atoms in total. The van der Waals surface area contributed by atoms with E-state index < -0.39 is 0 Å². The van der Waals surface area contributed by atoms with E-state index in [1.54, 1.807) is 0 Å². The average molecular weight is 577 g/mol. The van der Waals surface area contributed by atoms with Crippen molar-refractivity contribution < 1.29 is 0 Å². The molecule has 6 aliphatic rings. The summed E-state index contributed by atoms with van der Waals surface area (Å²) in [6.07, 6.45) is 14.3. The number of hydrogen-bond donors (Lipinski definition) is 4. The van der Waals surface area contributed by atoms with Gasteiger partial charge in [0, 0.05) is 37.1 Å². The van der Waals surface area contributed by atoms with Crippen LogP contribution in [0.2, 0.25) is 0 Å². The Bertz CT molecular complexity index is 1000. The normalized spacial score (nSPS) is 45.7. The van der Waals surface area contributed by atoms with Gasteiger partial charge in [-0.2, -0.15) is 0 Å². The van der Waals surface area contributed by atoms with Crippen LogP contribution >= 0.6 is 0 Å². The minimum absolute atomic E-state index is 0.512. The summed E-state index contributed by atoms with van der Waals surface area (Å²) in [5.41, 5.74) is 2.04. The zero-order valence-electron chi connectivity index (χ0n) is 26.7. The summed E-state index contributed by atoms with van der Waals surface area (Å²) in [5, 5.41) is 16.2. The van der Waals surface area contributed by atoms with Gasteiger partial charge in [-0.3, -0.25) is 4.90 Å². The molecule has 1 aromatic carbocycles. The fraction of sp³-hybridized carbons (Fsp3) is 0.833. The minimum atomic E-state index is 0.512. The molecule has 1 spiro atoms. The van der Waals surface area contributed by atoms with E-state index >= 15 is 0 Å². The molecule has 5 saturated heterocycles. The first-order chi connectivity index (χ1) is 20.6. The summed E-state index contributed by atoms with van der Waals surface area (Å²) in [5.74, 6) is 3.92. The van der Waals surface area contributed by atoms with Crippen molar-refractivity contribution in [2.24, 2.45) is 29.1 Å². The molecule has 1 aliphatic carbocycles. The number of hydrogen-bond acceptors (Lipinski definition) is 6. The first kappa shape index (κ1) is 29.7. The van der Waals surface area contributed by atoms with Crippen LogP contribution in [0.3, 0.4) is 0 Å². The maximum atomic E-state index is 4.15. The van der Waals surface area contributed by atoms with Gasteiger partial charge in [0.05, 0.1) is 6.17 Å². The number of nitrogens with one attached hydrogen (secondary N) is 4. The van der Waals surface area contributed by atoms with Crippen molar-refractivity contribution in [3.63, 3.8) is 0 Å². The molecule has 1 saturated carbocycles. The van der Waals surface area contributed by atoms with Gasteiger partial charge in [0.25, 0.3) is 0 Å². The molecular formula is C36H60N6. The van der Waals surface area contributed by atoms with E-state index in [0.717, 1.165) is 29.7 Å². The highest BCUT2D eigenvalue weighted by Crippen LogP contribution is 2.55. The van der Waals surface area contributed by atoms with Gasteiger partial charge in [-0.25, -0.2) is 0 Å². The van der Waals surface area contributed by atoms with Crippen LogP contribution in [-0.4, -0.2) is 93.5 Å². The Morgan fingerprint density at radius 3 is 2.50 bits per heavy atom. The first-order valence-corrected chi connectivity index (χ1v) is 18.0. The van der Waals surface area contributed by atoms with E-state index in [1.807, 2.05) is 0 Å². The summed E-state index contributed by atoms with van der Waals surface area (Å²) >= 11 is 0. The van der Waals surface area contributed by atoms with Gasteiger partial charge in [-0.15, -0.1) is 0 Å². The summed E-state index contributed by atoms with van der Waals surface area (Å²) in [4.78, 5) is 5.45. The molecule has 0 radical (unpaired) electrons. The molecule has 6 fully saturated rings. The summed E-state index contributed by atoms with van der Waals surface area (Å²) in [6, 6.07) is 13.3. The van der Waals surface area contributed by atoms with E-state index in [1.165, 1.54) is 122 Å². The second-order valence-electron chi connectivity index (χ2n) is 15.7. The number of piperidine rings is 3. The lowest BCUT2D eigenvalue weighted by Crippen LogP contribution is -2.54. The van der Waals surface area contributed by atoms with Crippen LogP contribution < -0.4 is 21.3 Å². The van der Waals surface area contributed by atoms with Crippen LogP contribution in [0.25, 0.3) is 0 Å². The second kappa shape index (κ2) is 13.1. The third-order valence-corrected chi connectivity index (χ3v) is 13.0. The predicted molar refractivity (Wildman–Crippen MR) is 174 cm³/mol. The SMILES string of the molecule is CC1C(c2ccccc2)CC2CN1CCCCCN(C)CCCC1CNC3NC[C@]4(CC5CC(CN2)CNC5C4)C3C1. The third kappa shape index (κ3) is 6.37. The molecule has 7 bridgehead atoms. The first-order valence-electron chi connectivity index (χ1n) is 18.0. The van der Waals surface area contributed by atoms with Gasteiger partial charge in [0.15, 0.2) is 0 Å². The smallest absolute Gasteiger partial charge is 0.0607 e. The Morgan fingerprint density at radius 1 is 0.786 bits per heavy atom. The van der Waals surface area contributed by atoms with Gasteiger partial charge < -0.3 is 26.2 Å². The lowest BCUT2D eigenvalue weighted by molar-refractivity contribution is 0.104. The quantitative estimate of drug-likeness (QED) is 0.401. The molecule has 11 atom stereocenters. The molecule has 1 aromatic rings. The van der Waals surface area contributed by atoms with E-state index in [-0.39, 0.29) is 0 Å². The van der Waals surface area contributed by atoms with Crippen molar-refractivity contribution in [3.05, 3.63) is 35.9 Å². The van der Waals surface area contributed by atoms with Gasteiger partial charge in [0.2, 0.25) is 0 Å². The van der Waals surface area contributed by atoms with Crippen molar-refractivity contribution in [2.45, 2.75) is 101 Å². The van der Waals surface area contributed by atoms with E-state index in [0.29, 0.717) is 29.6 Å². The van der Waals surface area contributed by atoms with E-state index in [4.69, 9.17) is 0 Å². The van der Waals surface area contributed by atoms with E-state index in [9.17, 15) is 0 Å². The number of nitrogens with zero attached hydrogens (tertiary/aromatic N) is 2. The van der Waals surface area contributed by atoms with Crippen molar-refractivity contribution in [1.82, 2.24) is 31.1 Å². The Morgan fingerprint density at radius 2 is 1.60 bits per heavy atom. The highest BCUT2D eigenvalue weighted by Gasteiger charge is 2.57. The van der Waals surface area contributed by atoms with Crippen molar-refractivity contribution in [1.29, 1.82) is 0 Å². The molecule has 7 rings (SSSR count). The monoisotopic (exact) mass is 576 g/mol. The van der Waals surface area contributed by atoms with Crippen molar-refractivity contribution in [3.8, 4) is 0 Å². The van der Waals surface area contributed by atoms with Crippen molar-refractivity contribution >= 4 is 0 Å². The molecule has 5 heterocycles. The minimum Gasteiger partial charge on any atom is -0.313 e. The molecule has 0 amide bonds. The van der Waals surface area contributed by atoms with Crippen LogP contribution in [0.4, 0.5) is 0 Å². The van der Waals surface area contributed by atoms with Gasteiger partial charge in [-0.1, -0.05) is 36.8 Å². The molecule has 42 heavy (non-hydrogen) atoms. The maximum Gasteiger partial charge on any atom is 0.0607 e. The maximum absolute atomic E-state index is 4.15. The summed E-state index contributed by atoms with van der Waals surface area (Å²) in [7, 11) is 2.36. The van der Waals surface area contributed by atoms with Crippen LogP contribution in [0.5, 0.6) is 0 Å². The highest BCUT2D eigenvalue weighted by atomic mass is 15.2. The second-order valence-corrected chi connectivity index (χ2v) is 15.7. The molecule has 0 aromatic heterocycles. The summed E-state index contributed by atoms with van der Waals surface area (Å²) in [6.45, 7) is 12.3. The van der Waals surface area contributed by atoms with Gasteiger partial charge in [-0.05, 0) is 146 Å². The topological polar surface area (TPSA) is 54.6 Å². The standard InChI is InChI=1S/C36H60N6/c1-26-32(29-11-5-3-6-12-29)18-31-24-42(26)15-8-4-7-13-41(2)14-9-10-27-17-33-35(39-21-27)40-25-36(33)19-30-16-28(22-37-31)23-38-34(30)20-36/h3,5-6,11-12,26-28,30-35,37-40H,4,7-10,13-25H2,1-2H3/t26?,27?,28?,30?,31?,32?,33?,34?,35?,36-/m1/s1. The van der Waals surface area contributed by atoms with Crippen LogP contribution in [0.15, 0.2) is 30.3 Å². The lowest BCUT2D eigenvalue weighted by Gasteiger charge is -2.44. The molecular weight excluding hydrogens is 516 g/mol. The van der Waals surface area contributed by atoms with Crippen LogP contribution in [-0.2, 0) is 0 Å². The third-order valence-electron chi connectivity index (χ3n) is 13.0. The fourth-order valence-electron chi connectivity index (χ4n) is 10.6. The Kier molecular flexibility index (Phi) is 9.29. The zero-order valence-corrected chi connectivity index (χ0v) is 26.7. The highest BCUT2D eigenvalue weighted by molar-refractivity contribution is 5.22. The van der Waals surface area contributed by atoms with Gasteiger partial charge >= 0.3 is 0 Å². The van der Waals surface area contributed by atoms with Crippen LogP contribution in [0.1, 0.15) is 82.6 Å². The Hall–Kier alpha value is -1.02. The van der Waals surface area contributed by atoms with Crippen molar-refractivity contribution in [2.75, 3.05) is 59.4 Å². The number of fused-ring (bicyclic) bond motifs is 4. The number of rotatable bonds is 1. The average Bonchev–Trinajstić information content (AvgIpc) is 3.56. The number of benzene rings is 1. The summed E-state index contributed by atoms with van der Waals surface area (Å²) < 4.78 is 0. The van der Waals surface area contributed by atoms with Gasteiger partial charge in [0.1, 0.15) is 0 Å². The largest absolute Gasteiger partial charge is 0.313 e. The Balaban J connectivity index is 1.05. The van der Waals surface area contributed by atoms with Crippen LogP contribution in [0, 0.1) is 29.1 Å². The molecule has 234 valence electrons.